The zero-order chi connectivity index (χ0) is 20.2. The van der Waals surface area contributed by atoms with E-state index in [1.807, 2.05) is 48.5 Å². The van der Waals surface area contributed by atoms with Gasteiger partial charge in [0.25, 0.3) is 0 Å². The fourth-order valence-electron chi connectivity index (χ4n) is 4.24. The topological polar surface area (TPSA) is 55.4 Å². The first kappa shape index (κ1) is 19.2. The van der Waals surface area contributed by atoms with E-state index in [1.165, 1.54) is 12.7 Å². The lowest BCUT2D eigenvalue weighted by Gasteiger charge is -2.26. The summed E-state index contributed by atoms with van der Waals surface area (Å²) in [5.41, 5.74) is 3.29. The van der Waals surface area contributed by atoms with Gasteiger partial charge >= 0.3 is 5.97 Å². The molecule has 3 aromatic rings. The van der Waals surface area contributed by atoms with Gasteiger partial charge in [-0.05, 0) is 46.7 Å². The number of rotatable bonds is 5. The van der Waals surface area contributed by atoms with Gasteiger partial charge in [0, 0.05) is 6.42 Å². The highest BCUT2D eigenvalue weighted by atomic mass is 16.5. The van der Waals surface area contributed by atoms with Crippen molar-refractivity contribution in [3.05, 3.63) is 83.4 Å². The van der Waals surface area contributed by atoms with Crippen molar-refractivity contribution in [2.45, 2.75) is 37.6 Å². The summed E-state index contributed by atoms with van der Waals surface area (Å²) in [4.78, 5) is 25.5. The van der Waals surface area contributed by atoms with Gasteiger partial charge in [-0.2, -0.15) is 0 Å². The van der Waals surface area contributed by atoms with E-state index >= 15 is 0 Å². The zero-order valence-electron chi connectivity index (χ0n) is 16.6. The average molecular weight is 387 g/mol. The summed E-state index contributed by atoms with van der Waals surface area (Å²) in [6.45, 7) is 0. The van der Waals surface area contributed by atoms with Crippen molar-refractivity contribution in [2.24, 2.45) is 0 Å². The molecule has 4 rings (SSSR count). The number of hydrogen-bond donors (Lipinski definition) is 1. The van der Waals surface area contributed by atoms with Crippen LogP contribution in [0.4, 0.5) is 0 Å². The lowest BCUT2D eigenvalue weighted by Crippen LogP contribution is -2.45. The van der Waals surface area contributed by atoms with Crippen LogP contribution in [0.15, 0.2) is 66.7 Å². The molecule has 29 heavy (non-hydrogen) atoms. The molecule has 0 unspecified atom stereocenters. The maximum atomic E-state index is 13.1. The largest absolute Gasteiger partial charge is 0.467 e. The van der Waals surface area contributed by atoms with Crippen molar-refractivity contribution in [3.8, 4) is 0 Å². The molecule has 148 valence electrons. The molecule has 4 heteroatoms. The molecule has 0 spiro atoms. The number of nitrogens with one attached hydrogen (secondary N) is 1. The van der Waals surface area contributed by atoms with Crippen LogP contribution < -0.4 is 5.32 Å². The Balaban J connectivity index is 1.54. The maximum Gasteiger partial charge on any atom is 0.328 e. The molecular weight excluding hydrogens is 362 g/mol. The number of carbonyl (C=O) groups excluding carboxylic acids is 2. The van der Waals surface area contributed by atoms with Crippen LogP contribution in [-0.2, 0) is 27.2 Å². The fourth-order valence-corrected chi connectivity index (χ4v) is 4.24. The van der Waals surface area contributed by atoms with Crippen LogP contribution in [-0.4, -0.2) is 25.0 Å². The molecule has 1 aliphatic carbocycles. The molecule has 0 fully saturated rings. The summed E-state index contributed by atoms with van der Waals surface area (Å²) in [5.74, 6) is -0.743. The van der Waals surface area contributed by atoms with Gasteiger partial charge in [0.15, 0.2) is 0 Å². The van der Waals surface area contributed by atoms with Crippen LogP contribution in [0.25, 0.3) is 10.8 Å². The minimum Gasteiger partial charge on any atom is -0.467 e. The fraction of sp³-hybridized carbons (Fsp3) is 0.280. The molecule has 0 aromatic heterocycles. The molecule has 0 bridgehead atoms. The van der Waals surface area contributed by atoms with Crippen LogP contribution in [0.3, 0.4) is 0 Å². The number of esters is 1. The Kier molecular flexibility index (Phi) is 5.61. The summed E-state index contributed by atoms with van der Waals surface area (Å²) in [6.07, 6.45) is 3.17. The molecule has 1 aliphatic rings. The number of hydrogen-bond acceptors (Lipinski definition) is 3. The molecule has 1 amide bonds. The lowest BCUT2D eigenvalue weighted by molar-refractivity contribution is -0.145. The molecule has 0 saturated heterocycles. The summed E-state index contributed by atoms with van der Waals surface area (Å²) < 4.78 is 4.98. The van der Waals surface area contributed by atoms with Gasteiger partial charge in [-0.15, -0.1) is 0 Å². The minimum atomic E-state index is -0.706. The summed E-state index contributed by atoms with van der Waals surface area (Å²) in [5, 5.41) is 5.22. The summed E-state index contributed by atoms with van der Waals surface area (Å²) in [6, 6.07) is 21.6. The van der Waals surface area contributed by atoms with E-state index in [4.69, 9.17) is 4.74 Å². The molecule has 4 nitrogen and oxygen atoms in total. The van der Waals surface area contributed by atoms with Crippen LogP contribution in [0.5, 0.6) is 0 Å². The highest BCUT2D eigenvalue weighted by molar-refractivity contribution is 5.89. The molecule has 0 radical (unpaired) electrons. The molecule has 0 saturated carbocycles. The Morgan fingerprint density at radius 1 is 1.03 bits per heavy atom. The van der Waals surface area contributed by atoms with E-state index in [2.05, 4.69) is 23.5 Å². The number of methoxy groups -OCH3 is 1. The Hall–Kier alpha value is -3.14. The van der Waals surface area contributed by atoms with Crippen LogP contribution >= 0.6 is 0 Å². The first-order chi connectivity index (χ1) is 14.2. The van der Waals surface area contributed by atoms with Crippen LogP contribution in [0, 0.1) is 0 Å². The van der Waals surface area contributed by atoms with E-state index < -0.39 is 12.0 Å². The van der Waals surface area contributed by atoms with Gasteiger partial charge in [-0.25, -0.2) is 4.79 Å². The number of ether oxygens (including phenoxy) is 1. The molecule has 0 aliphatic heterocycles. The van der Waals surface area contributed by atoms with Crippen LogP contribution in [0.1, 0.15) is 35.4 Å². The van der Waals surface area contributed by atoms with E-state index in [0.717, 1.165) is 41.2 Å². The van der Waals surface area contributed by atoms with E-state index in [-0.39, 0.29) is 11.8 Å². The third-order valence-electron chi connectivity index (χ3n) is 5.74. The first-order valence-electron chi connectivity index (χ1n) is 10.1. The quantitative estimate of drug-likeness (QED) is 0.669. The predicted molar refractivity (Wildman–Crippen MR) is 114 cm³/mol. The summed E-state index contributed by atoms with van der Waals surface area (Å²) in [7, 11) is 1.36. The van der Waals surface area contributed by atoms with Gasteiger partial charge in [-0.3, -0.25) is 4.79 Å². The Labute approximate surface area is 170 Å². The van der Waals surface area contributed by atoms with Crippen molar-refractivity contribution < 1.29 is 14.3 Å². The van der Waals surface area contributed by atoms with Crippen molar-refractivity contribution in [2.75, 3.05) is 7.11 Å². The van der Waals surface area contributed by atoms with Crippen molar-refractivity contribution in [1.29, 1.82) is 0 Å². The van der Waals surface area contributed by atoms with E-state index in [9.17, 15) is 9.59 Å². The average Bonchev–Trinajstić information content (AvgIpc) is 2.77. The SMILES string of the molecule is COC(=O)[C@H](Cc1ccc2ccccc2c1)NC(=O)[C@H]1CCCc2ccccc21. The third kappa shape index (κ3) is 4.16. The van der Waals surface area contributed by atoms with Crippen molar-refractivity contribution in [1.82, 2.24) is 5.32 Å². The number of carbonyl (C=O) groups is 2. The molecular formula is C25H25NO3. The third-order valence-corrected chi connectivity index (χ3v) is 5.74. The first-order valence-corrected chi connectivity index (χ1v) is 10.1. The van der Waals surface area contributed by atoms with E-state index in [0.29, 0.717) is 6.42 Å². The molecule has 2 atom stereocenters. The monoisotopic (exact) mass is 387 g/mol. The second-order valence-electron chi connectivity index (χ2n) is 7.61. The highest BCUT2D eigenvalue weighted by Gasteiger charge is 2.30. The van der Waals surface area contributed by atoms with Gasteiger partial charge in [0.1, 0.15) is 6.04 Å². The number of fused-ring (bicyclic) bond motifs is 2. The summed E-state index contributed by atoms with van der Waals surface area (Å²) >= 11 is 0. The Bertz CT molecular complexity index is 1040. The van der Waals surface area contributed by atoms with Gasteiger partial charge in [-0.1, -0.05) is 66.7 Å². The second-order valence-corrected chi connectivity index (χ2v) is 7.61. The minimum absolute atomic E-state index is 0.103. The van der Waals surface area contributed by atoms with Gasteiger partial charge in [0.05, 0.1) is 13.0 Å². The second kappa shape index (κ2) is 8.48. The molecule has 0 heterocycles. The van der Waals surface area contributed by atoms with Gasteiger partial charge < -0.3 is 10.1 Å². The Morgan fingerprint density at radius 3 is 2.62 bits per heavy atom. The molecule has 1 N–H and O–H groups in total. The lowest BCUT2D eigenvalue weighted by atomic mass is 9.82. The van der Waals surface area contributed by atoms with Crippen molar-refractivity contribution in [3.63, 3.8) is 0 Å². The normalized spacial score (nSPS) is 16.7. The van der Waals surface area contributed by atoms with Gasteiger partial charge in [0.2, 0.25) is 5.91 Å². The van der Waals surface area contributed by atoms with E-state index in [1.54, 1.807) is 0 Å². The standard InChI is InChI=1S/C25H25NO3/c1-29-25(28)23(16-17-13-14-18-7-2-3-9-20(18)15-17)26-24(27)22-12-6-10-19-8-4-5-11-21(19)22/h2-5,7-9,11,13-15,22-23H,6,10,12,16H2,1H3,(H,26,27)/t22-,23-/m0/s1. The maximum absolute atomic E-state index is 13.1. The zero-order valence-corrected chi connectivity index (χ0v) is 16.6. The number of amides is 1. The number of benzene rings is 3. The Morgan fingerprint density at radius 2 is 1.79 bits per heavy atom. The predicted octanol–water partition coefficient (Wildman–Crippen LogP) is 4.16. The van der Waals surface area contributed by atoms with Crippen molar-refractivity contribution >= 4 is 22.6 Å². The van der Waals surface area contributed by atoms with Crippen LogP contribution in [0.2, 0.25) is 0 Å². The molecule has 3 aromatic carbocycles. The number of aryl methyl sites for hydroxylation is 1. The highest BCUT2D eigenvalue weighted by Crippen LogP contribution is 2.31. The smallest absolute Gasteiger partial charge is 0.328 e.